The Kier molecular flexibility index (Phi) is 9.29. The van der Waals surface area contributed by atoms with Crippen molar-refractivity contribution in [2.45, 2.75) is 74.7 Å². The second-order valence-corrected chi connectivity index (χ2v) is 15.6. The van der Waals surface area contributed by atoms with Crippen LogP contribution in [0.5, 0.6) is 11.5 Å². The average Bonchev–Trinajstić information content (AvgIpc) is 3.53. The minimum Gasteiger partial charge on any atom is -0.504 e. The topological polar surface area (TPSA) is 234 Å². The fourth-order valence-corrected chi connectivity index (χ4v) is 9.14. The minimum atomic E-state index is -1.76. The number of β-lactam (4-membered cyclic amide) rings is 1. The first-order chi connectivity index (χ1) is 23.6. The first-order valence-corrected chi connectivity index (χ1v) is 17.9. The number of anilines is 1. The summed E-state index contributed by atoms with van der Waals surface area (Å²) < 4.78 is 0.660. The number of thioether (sulfide) groups is 1. The molecule has 0 radical (unpaired) electrons. The Bertz CT molecular complexity index is 1810. The molecule has 266 valence electrons. The van der Waals surface area contributed by atoms with Gasteiger partial charge >= 0.3 is 5.97 Å². The van der Waals surface area contributed by atoms with Gasteiger partial charge in [-0.15, -0.1) is 23.1 Å². The monoisotopic (exact) mass is 728 g/mol. The molecule has 3 saturated heterocycles. The number of amides is 3. The van der Waals surface area contributed by atoms with Crippen molar-refractivity contribution in [3.63, 3.8) is 0 Å². The molecule has 50 heavy (non-hydrogen) atoms. The molecule has 0 spiro atoms. The van der Waals surface area contributed by atoms with E-state index in [1.54, 1.807) is 0 Å². The number of fused-ring (bicyclic) bond motifs is 3. The number of aliphatic carboxylic acids is 1. The second kappa shape index (κ2) is 13.2. The zero-order chi connectivity index (χ0) is 36.1. The SMILES string of the molecule is CC(C)(O/N=C(\C(=O)N[C@@H]1C(=O)N2C(C=O)=C(C[N+]3(C)[C@@H]4CC[C@H]3CC(NC(=O)c3cccc(O)c3O)C4)CS[C@H]12)c1csc(N)n1)C(=O)O. The number of carboxylic acid groups (broad SMARTS) is 1. The summed E-state index contributed by atoms with van der Waals surface area (Å²) in [5, 5.41) is 39.9. The molecule has 4 aliphatic rings. The molecule has 2 unspecified atom stereocenters. The number of carbonyl (C=O) groups is 5. The Hall–Kier alpha value is -4.68. The van der Waals surface area contributed by atoms with E-state index in [-0.39, 0.29) is 51.7 Å². The number of aromatic nitrogens is 1. The van der Waals surface area contributed by atoms with Crippen molar-refractivity contribution < 1.29 is 48.6 Å². The molecule has 1 aromatic carbocycles. The third-order valence-corrected chi connectivity index (χ3v) is 12.1. The van der Waals surface area contributed by atoms with Crippen LogP contribution in [0, 0.1) is 0 Å². The van der Waals surface area contributed by atoms with E-state index in [1.807, 2.05) is 0 Å². The number of benzene rings is 1. The summed E-state index contributed by atoms with van der Waals surface area (Å²) in [6.45, 7) is 3.07. The molecule has 6 atom stereocenters. The number of allylic oxidation sites excluding steroid dienone is 1. The van der Waals surface area contributed by atoms with E-state index in [4.69, 9.17) is 10.6 Å². The lowest BCUT2D eigenvalue weighted by Crippen LogP contribution is -2.71. The maximum atomic E-state index is 13.5. The van der Waals surface area contributed by atoms with Gasteiger partial charge in [-0.05, 0) is 26.0 Å². The second-order valence-electron chi connectivity index (χ2n) is 13.6. The molecule has 6 rings (SSSR count). The first kappa shape index (κ1) is 35.2. The van der Waals surface area contributed by atoms with Crippen LogP contribution in [0.2, 0.25) is 0 Å². The van der Waals surface area contributed by atoms with Gasteiger partial charge in [-0.3, -0.25) is 24.1 Å². The molecule has 7 N–H and O–H groups in total. The van der Waals surface area contributed by atoms with Gasteiger partial charge in [0.1, 0.15) is 23.7 Å². The average molecular weight is 729 g/mol. The van der Waals surface area contributed by atoms with Crippen LogP contribution in [0.1, 0.15) is 55.6 Å². The number of hydrogen-bond donors (Lipinski definition) is 6. The van der Waals surface area contributed by atoms with Gasteiger partial charge < -0.3 is 41.0 Å². The fourth-order valence-electron chi connectivity index (χ4n) is 7.24. The number of piperidine rings is 1. The molecule has 5 heterocycles. The Morgan fingerprint density at radius 3 is 2.52 bits per heavy atom. The lowest BCUT2D eigenvalue weighted by atomic mass is 9.92. The van der Waals surface area contributed by atoms with E-state index >= 15 is 0 Å². The molecule has 0 saturated carbocycles. The highest BCUT2D eigenvalue weighted by Crippen LogP contribution is 2.45. The van der Waals surface area contributed by atoms with E-state index in [9.17, 15) is 39.3 Å². The molecule has 3 amide bonds. The van der Waals surface area contributed by atoms with Gasteiger partial charge in [0.25, 0.3) is 17.7 Å². The largest absolute Gasteiger partial charge is 0.504 e. The summed E-state index contributed by atoms with van der Waals surface area (Å²) in [6, 6.07) is 3.52. The number of nitrogen functional groups attached to an aromatic ring is 1. The molecule has 16 nitrogen and oxygen atoms in total. The number of likely N-dealkylation sites (N-methyl/N-ethyl adjacent to an activating group) is 1. The summed E-state index contributed by atoms with van der Waals surface area (Å²) in [4.78, 5) is 74.5. The zero-order valence-electron chi connectivity index (χ0n) is 27.5. The van der Waals surface area contributed by atoms with Crippen molar-refractivity contribution in [2.24, 2.45) is 5.16 Å². The van der Waals surface area contributed by atoms with Crippen LogP contribution in [0.25, 0.3) is 0 Å². The van der Waals surface area contributed by atoms with Crippen molar-refractivity contribution in [2.75, 3.05) is 25.1 Å². The summed E-state index contributed by atoms with van der Waals surface area (Å²) in [7, 11) is 2.15. The van der Waals surface area contributed by atoms with Crippen molar-refractivity contribution in [1.29, 1.82) is 0 Å². The number of rotatable bonds is 11. The Labute approximate surface area is 294 Å². The minimum absolute atomic E-state index is 0.00949. The van der Waals surface area contributed by atoms with Crippen LogP contribution in [0.4, 0.5) is 5.13 Å². The van der Waals surface area contributed by atoms with Crippen LogP contribution in [-0.4, -0.2) is 120 Å². The number of aromatic hydroxyl groups is 2. The predicted molar refractivity (Wildman–Crippen MR) is 182 cm³/mol. The molecule has 2 aromatic rings. The number of hydrogen-bond acceptors (Lipinski definition) is 13. The number of quaternary nitrogens is 1. The molecule has 18 heteroatoms. The number of carbonyl (C=O) groups excluding carboxylic acids is 4. The molecule has 3 fully saturated rings. The van der Waals surface area contributed by atoms with Crippen LogP contribution in [0.3, 0.4) is 0 Å². The number of nitrogens with one attached hydrogen (secondary N) is 2. The van der Waals surface area contributed by atoms with Crippen molar-refractivity contribution >= 4 is 63.9 Å². The highest BCUT2D eigenvalue weighted by molar-refractivity contribution is 8.00. The fraction of sp³-hybridized carbons (Fsp3) is 0.469. The van der Waals surface area contributed by atoms with E-state index in [0.29, 0.717) is 35.9 Å². The van der Waals surface area contributed by atoms with Crippen LogP contribution < -0.4 is 16.4 Å². The van der Waals surface area contributed by atoms with Gasteiger partial charge in [0.05, 0.1) is 30.4 Å². The summed E-state index contributed by atoms with van der Waals surface area (Å²) in [5.74, 6) is -3.42. The lowest BCUT2D eigenvalue weighted by Gasteiger charge is -2.52. The van der Waals surface area contributed by atoms with Gasteiger partial charge in [0, 0.05) is 48.4 Å². The number of oxime groups is 1. The first-order valence-electron chi connectivity index (χ1n) is 15.9. The Morgan fingerprint density at radius 2 is 1.90 bits per heavy atom. The number of carboxylic acids is 1. The van der Waals surface area contributed by atoms with E-state index in [2.05, 4.69) is 27.8 Å². The maximum Gasteiger partial charge on any atom is 0.350 e. The molecule has 2 bridgehead atoms. The van der Waals surface area contributed by atoms with Gasteiger partial charge in [-0.1, -0.05) is 11.2 Å². The highest BCUT2D eigenvalue weighted by atomic mass is 32.2. The summed E-state index contributed by atoms with van der Waals surface area (Å²) in [6.07, 6.45) is 3.94. The predicted octanol–water partition coefficient (Wildman–Crippen LogP) is 1.14. The molecule has 4 aliphatic heterocycles. The van der Waals surface area contributed by atoms with Crippen LogP contribution in [-0.2, 0) is 24.0 Å². The molecular weight excluding hydrogens is 691 g/mol. The van der Waals surface area contributed by atoms with Gasteiger partial charge in [0.15, 0.2) is 28.6 Å². The quantitative estimate of drug-likeness (QED) is 0.0478. The zero-order valence-corrected chi connectivity index (χ0v) is 29.1. The number of nitrogens with two attached hydrogens (primary N) is 1. The van der Waals surface area contributed by atoms with Crippen LogP contribution >= 0.6 is 23.1 Å². The molecular formula is C32H38N7O9S2+. The third kappa shape index (κ3) is 6.26. The number of phenolic OH excluding ortho intramolecular Hbond substituents is 2. The van der Waals surface area contributed by atoms with Gasteiger partial charge in [-0.25, -0.2) is 9.78 Å². The maximum absolute atomic E-state index is 13.5. The van der Waals surface area contributed by atoms with Gasteiger partial charge in [-0.2, -0.15) is 0 Å². The van der Waals surface area contributed by atoms with E-state index in [1.165, 1.54) is 54.1 Å². The highest BCUT2D eigenvalue weighted by Gasteiger charge is 2.56. The summed E-state index contributed by atoms with van der Waals surface area (Å²) >= 11 is 2.47. The smallest absolute Gasteiger partial charge is 0.350 e. The molecule has 0 aliphatic carbocycles. The third-order valence-electron chi connectivity index (χ3n) is 10.1. The number of aldehydes is 1. The van der Waals surface area contributed by atoms with Crippen LogP contribution in [0.15, 0.2) is 40.0 Å². The Balaban J connectivity index is 1.13. The van der Waals surface area contributed by atoms with E-state index < -0.39 is 46.5 Å². The number of phenols is 2. The summed E-state index contributed by atoms with van der Waals surface area (Å²) in [5.41, 5.74) is 4.81. The standard InChI is InChI=1S/C32H37N7O9S2/c1-32(2,30(46)47)48-37-23(20-14-50-31(33)35-20)27(44)36-24-28(45)38-21(12-40)15(13-49-29(24)38)11-39(3)17-7-8-18(39)10-16(9-17)34-26(43)19-5-4-6-22(41)25(19)42/h4-6,12,14,16-18,24,29H,7-11,13H2,1-3H3,(H6-,33,34,35,36,37,41,42,43,44,46,47)/p+1/t16?,17-,18+,24-,29-,39?/m1/s1. The number of nitrogens with zero attached hydrogens (tertiary/aromatic N) is 4. The Morgan fingerprint density at radius 1 is 1.20 bits per heavy atom. The normalized spacial score (nSPS) is 27.7. The van der Waals surface area contributed by atoms with Crippen molar-refractivity contribution in [3.05, 3.63) is 46.1 Å². The van der Waals surface area contributed by atoms with Crippen molar-refractivity contribution in [3.8, 4) is 11.5 Å². The van der Waals surface area contributed by atoms with E-state index in [0.717, 1.165) is 29.8 Å². The molecule has 1 aromatic heterocycles. The van der Waals surface area contributed by atoms with Gasteiger partial charge in [0.2, 0.25) is 5.60 Å². The number of para-hydroxylation sites is 1. The lowest BCUT2D eigenvalue weighted by molar-refractivity contribution is -0.944. The van der Waals surface area contributed by atoms with Crippen molar-refractivity contribution in [1.82, 2.24) is 20.5 Å². The number of thiazole rings is 1.